The molecule has 1 amide bonds. The van der Waals surface area contributed by atoms with Gasteiger partial charge < -0.3 is 10.2 Å². The summed E-state index contributed by atoms with van der Waals surface area (Å²) in [4.78, 5) is 15.2. The topological polar surface area (TPSA) is 32.3 Å². The van der Waals surface area contributed by atoms with E-state index in [0.717, 1.165) is 17.0 Å². The van der Waals surface area contributed by atoms with Gasteiger partial charge >= 0.3 is 0 Å². The molecule has 0 radical (unpaired) electrons. The first-order valence-electron chi connectivity index (χ1n) is 7.77. The predicted molar refractivity (Wildman–Crippen MR) is 99.1 cm³/mol. The smallest absolute Gasteiger partial charge is 0.221 e. The third kappa shape index (κ3) is 5.99. The van der Waals surface area contributed by atoms with Crippen molar-refractivity contribution in [3.05, 3.63) is 59.7 Å². The van der Waals surface area contributed by atoms with Crippen LogP contribution in [0.5, 0.6) is 0 Å². The number of amides is 1. The Labute approximate surface area is 143 Å². The number of aryl methyl sites for hydroxylation is 1. The molecular weight excluding hydrogens is 304 g/mol. The van der Waals surface area contributed by atoms with Crippen molar-refractivity contribution >= 4 is 23.4 Å². The van der Waals surface area contributed by atoms with Crippen LogP contribution < -0.4 is 10.2 Å². The number of anilines is 1. The molecular formula is C19H24N2OS. The van der Waals surface area contributed by atoms with E-state index in [0.29, 0.717) is 13.0 Å². The van der Waals surface area contributed by atoms with Crippen molar-refractivity contribution in [2.75, 3.05) is 24.7 Å². The number of thioether (sulfide) groups is 1. The van der Waals surface area contributed by atoms with Gasteiger partial charge in [0.2, 0.25) is 5.91 Å². The number of hydrogen-bond donors (Lipinski definition) is 1. The predicted octanol–water partition coefficient (Wildman–Crippen LogP) is 3.86. The molecule has 0 unspecified atom stereocenters. The third-order valence-electron chi connectivity index (χ3n) is 3.56. The monoisotopic (exact) mass is 328 g/mol. The van der Waals surface area contributed by atoms with Gasteiger partial charge in [-0.25, -0.2) is 0 Å². The summed E-state index contributed by atoms with van der Waals surface area (Å²) in [6, 6.07) is 16.6. The minimum absolute atomic E-state index is 0.0984. The molecule has 0 saturated carbocycles. The quantitative estimate of drug-likeness (QED) is 0.783. The molecule has 122 valence electrons. The fourth-order valence-corrected chi connectivity index (χ4v) is 2.95. The van der Waals surface area contributed by atoms with Crippen molar-refractivity contribution in [3.63, 3.8) is 0 Å². The van der Waals surface area contributed by atoms with Crippen LogP contribution in [0.25, 0.3) is 0 Å². The number of nitrogens with zero attached hydrogens (tertiary/aromatic N) is 1. The van der Waals surface area contributed by atoms with E-state index in [4.69, 9.17) is 0 Å². The summed E-state index contributed by atoms with van der Waals surface area (Å²) in [5, 5.41) is 2.98. The van der Waals surface area contributed by atoms with Crippen molar-refractivity contribution in [3.8, 4) is 0 Å². The highest BCUT2D eigenvalue weighted by Crippen LogP contribution is 2.19. The summed E-state index contributed by atoms with van der Waals surface area (Å²) in [7, 11) is 4.03. The van der Waals surface area contributed by atoms with Crippen molar-refractivity contribution in [1.82, 2.24) is 5.32 Å². The number of rotatable bonds is 7. The molecule has 3 nitrogen and oxygen atoms in total. The summed E-state index contributed by atoms with van der Waals surface area (Å²) in [6.07, 6.45) is 0.536. The van der Waals surface area contributed by atoms with E-state index in [9.17, 15) is 4.79 Å². The van der Waals surface area contributed by atoms with E-state index in [1.54, 1.807) is 11.8 Å². The molecule has 0 aromatic heterocycles. The zero-order valence-corrected chi connectivity index (χ0v) is 14.8. The van der Waals surface area contributed by atoms with E-state index >= 15 is 0 Å². The molecule has 0 spiro atoms. The minimum atomic E-state index is 0.0984. The maximum Gasteiger partial charge on any atom is 0.221 e. The van der Waals surface area contributed by atoms with Gasteiger partial charge in [0.05, 0.1) is 0 Å². The van der Waals surface area contributed by atoms with E-state index < -0.39 is 0 Å². The van der Waals surface area contributed by atoms with E-state index in [-0.39, 0.29) is 5.91 Å². The third-order valence-corrected chi connectivity index (χ3v) is 4.58. The second-order valence-electron chi connectivity index (χ2n) is 5.75. The van der Waals surface area contributed by atoms with Crippen LogP contribution in [-0.4, -0.2) is 25.8 Å². The molecule has 0 aliphatic carbocycles. The SMILES string of the molecule is Cc1ccc(SCCC(=O)NCc2ccc(N(C)C)cc2)cc1. The lowest BCUT2D eigenvalue weighted by molar-refractivity contribution is -0.120. The average molecular weight is 328 g/mol. The van der Waals surface area contributed by atoms with Crippen molar-refractivity contribution in [1.29, 1.82) is 0 Å². The molecule has 4 heteroatoms. The molecule has 2 aromatic carbocycles. The molecule has 2 rings (SSSR count). The van der Waals surface area contributed by atoms with Crippen molar-refractivity contribution in [2.45, 2.75) is 24.8 Å². The van der Waals surface area contributed by atoms with Gasteiger partial charge in [-0.15, -0.1) is 11.8 Å². The van der Waals surface area contributed by atoms with Crippen LogP contribution in [0.3, 0.4) is 0 Å². The van der Waals surface area contributed by atoms with Gasteiger partial charge in [-0.05, 0) is 36.8 Å². The van der Waals surface area contributed by atoms with Gasteiger partial charge in [0.1, 0.15) is 0 Å². The normalized spacial score (nSPS) is 10.4. The number of nitrogens with one attached hydrogen (secondary N) is 1. The molecule has 0 fully saturated rings. The van der Waals surface area contributed by atoms with Crippen LogP contribution in [0.15, 0.2) is 53.4 Å². The average Bonchev–Trinajstić information content (AvgIpc) is 2.55. The Hall–Kier alpha value is -1.94. The molecule has 0 saturated heterocycles. The first-order valence-corrected chi connectivity index (χ1v) is 8.75. The summed E-state index contributed by atoms with van der Waals surface area (Å²) in [5.41, 5.74) is 3.54. The number of carbonyl (C=O) groups is 1. The van der Waals surface area contributed by atoms with Gasteiger partial charge in [-0.3, -0.25) is 4.79 Å². The minimum Gasteiger partial charge on any atom is -0.378 e. The number of carbonyl (C=O) groups excluding carboxylic acids is 1. The fourth-order valence-electron chi connectivity index (χ4n) is 2.10. The van der Waals surface area contributed by atoms with Crippen LogP contribution in [0.4, 0.5) is 5.69 Å². The van der Waals surface area contributed by atoms with Crippen LogP contribution in [0, 0.1) is 6.92 Å². The Bertz CT molecular complexity index is 621. The summed E-state index contributed by atoms with van der Waals surface area (Å²) in [5.74, 6) is 0.898. The summed E-state index contributed by atoms with van der Waals surface area (Å²) >= 11 is 1.72. The maximum absolute atomic E-state index is 11.9. The second-order valence-corrected chi connectivity index (χ2v) is 6.92. The van der Waals surface area contributed by atoms with Gasteiger partial charge in [0, 0.05) is 43.4 Å². The van der Waals surface area contributed by atoms with Gasteiger partial charge in [0.15, 0.2) is 0 Å². The van der Waals surface area contributed by atoms with E-state index in [1.807, 2.05) is 14.1 Å². The summed E-state index contributed by atoms with van der Waals surface area (Å²) < 4.78 is 0. The van der Waals surface area contributed by atoms with Gasteiger partial charge in [-0.1, -0.05) is 29.8 Å². The molecule has 0 heterocycles. The summed E-state index contributed by atoms with van der Waals surface area (Å²) in [6.45, 7) is 2.66. The lowest BCUT2D eigenvalue weighted by Crippen LogP contribution is -2.23. The zero-order valence-electron chi connectivity index (χ0n) is 14.0. The van der Waals surface area contributed by atoms with Crippen LogP contribution >= 0.6 is 11.8 Å². The first-order chi connectivity index (χ1) is 11.0. The van der Waals surface area contributed by atoms with Crippen molar-refractivity contribution < 1.29 is 4.79 Å². The Morgan fingerprint density at radius 2 is 1.70 bits per heavy atom. The Morgan fingerprint density at radius 3 is 2.30 bits per heavy atom. The van der Waals surface area contributed by atoms with Crippen LogP contribution in [-0.2, 0) is 11.3 Å². The number of hydrogen-bond acceptors (Lipinski definition) is 3. The van der Waals surface area contributed by atoms with Gasteiger partial charge in [0.25, 0.3) is 0 Å². The van der Waals surface area contributed by atoms with E-state index in [1.165, 1.54) is 10.5 Å². The lowest BCUT2D eigenvalue weighted by Gasteiger charge is -2.13. The molecule has 23 heavy (non-hydrogen) atoms. The highest BCUT2D eigenvalue weighted by Gasteiger charge is 2.03. The second kappa shape index (κ2) is 8.63. The van der Waals surface area contributed by atoms with Crippen LogP contribution in [0.1, 0.15) is 17.5 Å². The number of benzene rings is 2. The maximum atomic E-state index is 11.9. The Morgan fingerprint density at radius 1 is 1.04 bits per heavy atom. The van der Waals surface area contributed by atoms with Gasteiger partial charge in [-0.2, -0.15) is 0 Å². The lowest BCUT2D eigenvalue weighted by atomic mass is 10.2. The fraction of sp³-hybridized carbons (Fsp3) is 0.316. The molecule has 0 aliphatic heterocycles. The first kappa shape index (κ1) is 17.4. The Balaban J connectivity index is 1.69. The molecule has 2 aromatic rings. The highest BCUT2D eigenvalue weighted by atomic mass is 32.2. The molecule has 1 N–H and O–H groups in total. The van der Waals surface area contributed by atoms with Crippen LogP contribution in [0.2, 0.25) is 0 Å². The highest BCUT2D eigenvalue weighted by molar-refractivity contribution is 7.99. The Kier molecular flexibility index (Phi) is 6.53. The van der Waals surface area contributed by atoms with E-state index in [2.05, 4.69) is 65.7 Å². The molecule has 0 bridgehead atoms. The molecule has 0 atom stereocenters. The van der Waals surface area contributed by atoms with Crippen molar-refractivity contribution in [2.24, 2.45) is 0 Å². The standard InChI is InChI=1S/C19H24N2OS/c1-15-4-10-18(11-5-15)23-13-12-19(22)20-14-16-6-8-17(9-7-16)21(2)3/h4-11H,12-14H2,1-3H3,(H,20,22). The molecule has 0 aliphatic rings. The zero-order chi connectivity index (χ0) is 16.7. The largest absolute Gasteiger partial charge is 0.378 e.